The van der Waals surface area contributed by atoms with Crippen LogP contribution in [0.1, 0.15) is 15.4 Å². The first kappa shape index (κ1) is 11.0. The fraction of sp³-hybridized carbons (Fsp3) is 0.100. The predicted molar refractivity (Wildman–Crippen MR) is 64.1 cm³/mol. The minimum atomic E-state index is -0.185. The lowest BCUT2D eigenvalue weighted by Gasteiger charge is -2.06. The molecule has 0 aliphatic rings. The SMILES string of the molecule is Cc1nc(Cl)ccc1NC(=O)c1cncs1. The molecule has 6 heteroatoms. The van der Waals surface area contributed by atoms with E-state index in [1.165, 1.54) is 17.5 Å². The molecule has 0 aromatic carbocycles. The minimum Gasteiger partial charge on any atom is -0.320 e. The Kier molecular flexibility index (Phi) is 3.17. The first-order valence-corrected chi connectivity index (χ1v) is 5.75. The van der Waals surface area contributed by atoms with Crippen LogP contribution in [0.15, 0.2) is 23.8 Å². The van der Waals surface area contributed by atoms with E-state index in [0.717, 1.165) is 0 Å². The number of aryl methyl sites for hydroxylation is 1. The number of amides is 1. The van der Waals surface area contributed by atoms with Crippen LogP contribution in [0.3, 0.4) is 0 Å². The number of nitrogens with one attached hydrogen (secondary N) is 1. The van der Waals surface area contributed by atoms with Crippen LogP contribution in [0.5, 0.6) is 0 Å². The van der Waals surface area contributed by atoms with Gasteiger partial charge in [0.2, 0.25) is 0 Å². The average molecular weight is 254 g/mol. The number of pyridine rings is 1. The van der Waals surface area contributed by atoms with E-state index in [1.54, 1.807) is 24.6 Å². The van der Waals surface area contributed by atoms with Crippen molar-refractivity contribution in [3.63, 3.8) is 0 Å². The summed E-state index contributed by atoms with van der Waals surface area (Å²) in [4.78, 5) is 20.2. The number of aromatic nitrogens is 2. The third-order valence-electron chi connectivity index (χ3n) is 1.96. The number of anilines is 1. The highest BCUT2D eigenvalue weighted by atomic mass is 35.5. The minimum absolute atomic E-state index is 0.185. The molecule has 16 heavy (non-hydrogen) atoms. The zero-order valence-electron chi connectivity index (χ0n) is 8.40. The summed E-state index contributed by atoms with van der Waals surface area (Å²) in [6.45, 7) is 1.79. The fourth-order valence-corrected chi connectivity index (χ4v) is 1.88. The summed E-state index contributed by atoms with van der Waals surface area (Å²) >= 11 is 7.01. The number of halogens is 1. The topological polar surface area (TPSA) is 54.9 Å². The van der Waals surface area contributed by atoms with Gasteiger partial charge < -0.3 is 5.32 Å². The van der Waals surface area contributed by atoms with Gasteiger partial charge in [-0.05, 0) is 19.1 Å². The molecule has 0 atom stereocenters. The van der Waals surface area contributed by atoms with Crippen molar-refractivity contribution in [1.29, 1.82) is 0 Å². The first-order valence-electron chi connectivity index (χ1n) is 4.50. The lowest BCUT2D eigenvalue weighted by Crippen LogP contribution is -2.11. The van der Waals surface area contributed by atoms with Gasteiger partial charge in [-0.2, -0.15) is 0 Å². The van der Waals surface area contributed by atoms with Crippen LogP contribution in [0.2, 0.25) is 5.15 Å². The quantitative estimate of drug-likeness (QED) is 0.838. The van der Waals surface area contributed by atoms with Gasteiger partial charge in [-0.25, -0.2) is 4.98 Å². The van der Waals surface area contributed by atoms with Crippen LogP contribution >= 0.6 is 22.9 Å². The molecule has 0 aliphatic carbocycles. The summed E-state index contributed by atoms with van der Waals surface area (Å²) in [6, 6.07) is 3.36. The summed E-state index contributed by atoms with van der Waals surface area (Å²) in [5.41, 5.74) is 2.95. The van der Waals surface area contributed by atoms with Crippen molar-refractivity contribution in [2.24, 2.45) is 0 Å². The van der Waals surface area contributed by atoms with E-state index < -0.39 is 0 Å². The smallest absolute Gasteiger partial charge is 0.267 e. The molecule has 0 saturated heterocycles. The second kappa shape index (κ2) is 4.59. The fourth-order valence-electron chi connectivity index (χ4n) is 1.17. The molecule has 2 aromatic heterocycles. The van der Waals surface area contributed by atoms with Crippen LogP contribution in [0.4, 0.5) is 5.69 Å². The number of rotatable bonds is 2. The molecule has 2 heterocycles. The zero-order valence-corrected chi connectivity index (χ0v) is 9.97. The second-order valence-corrected chi connectivity index (χ2v) is 4.36. The van der Waals surface area contributed by atoms with Crippen molar-refractivity contribution in [3.05, 3.63) is 39.6 Å². The molecule has 0 saturated carbocycles. The van der Waals surface area contributed by atoms with Crippen molar-refractivity contribution >= 4 is 34.5 Å². The third kappa shape index (κ3) is 2.37. The van der Waals surface area contributed by atoms with Crippen molar-refractivity contribution < 1.29 is 4.79 Å². The largest absolute Gasteiger partial charge is 0.320 e. The van der Waals surface area contributed by atoms with Gasteiger partial charge in [-0.1, -0.05) is 11.6 Å². The van der Waals surface area contributed by atoms with Gasteiger partial charge in [0.15, 0.2) is 0 Å². The number of thiazole rings is 1. The van der Waals surface area contributed by atoms with Gasteiger partial charge in [0.1, 0.15) is 10.0 Å². The van der Waals surface area contributed by atoms with Crippen LogP contribution in [0, 0.1) is 6.92 Å². The molecule has 1 amide bonds. The Morgan fingerprint density at radius 3 is 2.94 bits per heavy atom. The van der Waals surface area contributed by atoms with Crippen LogP contribution in [0.25, 0.3) is 0 Å². The maximum atomic E-state index is 11.7. The summed E-state index contributed by atoms with van der Waals surface area (Å²) in [5.74, 6) is -0.185. The zero-order chi connectivity index (χ0) is 11.5. The van der Waals surface area contributed by atoms with Gasteiger partial charge in [-0.15, -0.1) is 11.3 Å². The molecule has 0 aliphatic heterocycles. The molecule has 2 aromatic rings. The molecular formula is C10H8ClN3OS. The molecule has 2 rings (SSSR count). The molecule has 0 bridgehead atoms. The molecule has 82 valence electrons. The molecule has 0 fully saturated rings. The Labute approximate surface area is 101 Å². The normalized spacial score (nSPS) is 10.1. The molecule has 0 spiro atoms. The van der Waals surface area contributed by atoms with E-state index in [-0.39, 0.29) is 5.91 Å². The first-order chi connectivity index (χ1) is 7.66. The van der Waals surface area contributed by atoms with E-state index in [1.807, 2.05) is 0 Å². The highest BCUT2D eigenvalue weighted by Gasteiger charge is 2.09. The van der Waals surface area contributed by atoms with Crippen molar-refractivity contribution in [1.82, 2.24) is 9.97 Å². The van der Waals surface area contributed by atoms with E-state index in [9.17, 15) is 4.79 Å². The van der Waals surface area contributed by atoms with Crippen molar-refractivity contribution in [2.75, 3.05) is 5.32 Å². The number of hydrogen-bond donors (Lipinski definition) is 1. The predicted octanol–water partition coefficient (Wildman–Crippen LogP) is 2.75. The van der Waals surface area contributed by atoms with E-state index >= 15 is 0 Å². The van der Waals surface area contributed by atoms with E-state index in [2.05, 4.69) is 15.3 Å². The Morgan fingerprint density at radius 2 is 2.31 bits per heavy atom. The summed E-state index contributed by atoms with van der Waals surface area (Å²) < 4.78 is 0. The summed E-state index contributed by atoms with van der Waals surface area (Å²) in [7, 11) is 0. The molecule has 0 radical (unpaired) electrons. The number of nitrogens with zero attached hydrogens (tertiary/aromatic N) is 2. The van der Waals surface area contributed by atoms with Gasteiger partial charge >= 0.3 is 0 Å². The molecule has 4 nitrogen and oxygen atoms in total. The summed E-state index contributed by atoms with van der Waals surface area (Å²) in [5, 5.41) is 3.16. The molecule has 1 N–H and O–H groups in total. The lowest BCUT2D eigenvalue weighted by atomic mass is 10.3. The maximum absolute atomic E-state index is 11.7. The van der Waals surface area contributed by atoms with Crippen molar-refractivity contribution in [2.45, 2.75) is 6.92 Å². The van der Waals surface area contributed by atoms with Gasteiger partial charge in [0, 0.05) is 0 Å². The number of hydrogen-bond acceptors (Lipinski definition) is 4. The Hall–Kier alpha value is -1.46. The van der Waals surface area contributed by atoms with Crippen LogP contribution < -0.4 is 5.32 Å². The molecule has 0 unspecified atom stereocenters. The highest BCUT2D eigenvalue weighted by Crippen LogP contribution is 2.17. The van der Waals surface area contributed by atoms with Crippen LogP contribution in [-0.4, -0.2) is 15.9 Å². The summed E-state index contributed by atoms with van der Waals surface area (Å²) in [6.07, 6.45) is 1.53. The van der Waals surface area contributed by atoms with Gasteiger partial charge in [0.25, 0.3) is 5.91 Å². The van der Waals surface area contributed by atoms with Gasteiger partial charge in [0.05, 0.1) is 23.1 Å². The number of carbonyl (C=O) groups is 1. The third-order valence-corrected chi connectivity index (χ3v) is 2.94. The van der Waals surface area contributed by atoms with E-state index in [0.29, 0.717) is 21.4 Å². The number of carbonyl (C=O) groups excluding carboxylic acids is 1. The van der Waals surface area contributed by atoms with E-state index in [4.69, 9.17) is 11.6 Å². The maximum Gasteiger partial charge on any atom is 0.267 e. The second-order valence-electron chi connectivity index (χ2n) is 3.09. The average Bonchev–Trinajstić information content (AvgIpc) is 2.75. The van der Waals surface area contributed by atoms with Crippen molar-refractivity contribution in [3.8, 4) is 0 Å². The Balaban J connectivity index is 2.18. The van der Waals surface area contributed by atoms with Crippen LogP contribution in [-0.2, 0) is 0 Å². The lowest BCUT2D eigenvalue weighted by molar-refractivity contribution is 0.103. The van der Waals surface area contributed by atoms with Gasteiger partial charge in [-0.3, -0.25) is 9.78 Å². The Morgan fingerprint density at radius 1 is 1.50 bits per heavy atom. The molecular weight excluding hydrogens is 246 g/mol. The monoisotopic (exact) mass is 253 g/mol. The highest BCUT2D eigenvalue weighted by molar-refractivity contribution is 7.11. The standard InChI is InChI=1S/C10H8ClN3OS/c1-6-7(2-3-9(11)13-6)14-10(15)8-4-12-5-16-8/h2-5H,1H3,(H,14,15). The Bertz CT molecular complexity index is 513.